The minimum Gasteiger partial charge on any atom is -0.395 e. The molecule has 0 radical (unpaired) electrons. The minimum atomic E-state index is 0.269. The third-order valence-corrected chi connectivity index (χ3v) is 5.10. The highest BCUT2D eigenvalue weighted by molar-refractivity contribution is 7.09. The molecule has 0 spiro atoms. The molecule has 3 rings (SSSR count). The number of likely N-dealkylation sites (tertiary alicyclic amines) is 1. The van der Waals surface area contributed by atoms with Crippen LogP contribution in [0.15, 0.2) is 35.7 Å². The molecule has 1 saturated heterocycles. The van der Waals surface area contributed by atoms with Gasteiger partial charge in [0.1, 0.15) is 0 Å². The fraction of sp³-hybridized carbons (Fsp3) is 0.471. The van der Waals surface area contributed by atoms with Crippen LogP contribution >= 0.6 is 11.3 Å². The fourth-order valence-electron chi connectivity index (χ4n) is 2.95. The zero-order valence-corrected chi connectivity index (χ0v) is 13.1. The summed E-state index contributed by atoms with van der Waals surface area (Å²) in [7, 11) is 0. The molecular weight excluding hydrogens is 280 g/mol. The number of hydrogen-bond acceptors (Lipinski definition) is 4. The molecule has 0 saturated carbocycles. The number of aliphatic hydroxyl groups excluding tert-OH is 1. The van der Waals surface area contributed by atoms with Gasteiger partial charge in [0.05, 0.1) is 17.3 Å². The lowest BCUT2D eigenvalue weighted by Crippen LogP contribution is -2.31. The molecule has 1 aromatic carbocycles. The Kier molecular flexibility index (Phi) is 5.01. The van der Waals surface area contributed by atoms with E-state index in [1.807, 2.05) is 0 Å². The van der Waals surface area contributed by atoms with Crippen LogP contribution in [0.4, 0.5) is 0 Å². The highest BCUT2D eigenvalue weighted by Crippen LogP contribution is 2.21. The first-order chi connectivity index (χ1) is 10.3. The molecule has 112 valence electrons. The van der Waals surface area contributed by atoms with Crippen LogP contribution in [0.1, 0.15) is 29.1 Å². The highest BCUT2D eigenvalue weighted by atomic mass is 32.1. The van der Waals surface area contributed by atoms with Gasteiger partial charge in [0.15, 0.2) is 0 Å². The molecule has 21 heavy (non-hydrogen) atoms. The summed E-state index contributed by atoms with van der Waals surface area (Å²) >= 11 is 1.76. The quantitative estimate of drug-likeness (QED) is 0.891. The molecule has 1 fully saturated rings. The average molecular weight is 302 g/mol. The summed E-state index contributed by atoms with van der Waals surface area (Å²) in [6.07, 6.45) is 4.37. The average Bonchev–Trinajstić information content (AvgIpc) is 3.16. The van der Waals surface area contributed by atoms with Crippen molar-refractivity contribution in [3.63, 3.8) is 0 Å². The Morgan fingerprint density at radius 2 is 2.10 bits per heavy atom. The van der Waals surface area contributed by atoms with Crippen molar-refractivity contribution in [1.29, 1.82) is 0 Å². The van der Waals surface area contributed by atoms with Crippen LogP contribution in [0, 0.1) is 0 Å². The second-order valence-corrected chi connectivity index (χ2v) is 6.61. The second kappa shape index (κ2) is 7.16. The van der Waals surface area contributed by atoms with E-state index in [-0.39, 0.29) is 6.61 Å². The summed E-state index contributed by atoms with van der Waals surface area (Å²) in [5.74, 6) is 0. The van der Waals surface area contributed by atoms with Gasteiger partial charge < -0.3 is 5.11 Å². The standard InChI is InChI=1S/C17H22N2OS/c20-12-16-7-4-10-19(16)11-15-13-21-17(18-15)9-8-14-5-2-1-3-6-14/h1-3,5-6,13,16,20H,4,7-12H2/t16-/m1/s1. The number of thiazole rings is 1. The molecule has 0 amide bonds. The van der Waals surface area contributed by atoms with Crippen molar-refractivity contribution in [2.45, 2.75) is 38.3 Å². The number of aryl methyl sites for hydroxylation is 2. The smallest absolute Gasteiger partial charge is 0.0932 e. The Hall–Kier alpha value is -1.23. The minimum absolute atomic E-state index is 0.269. The monoisotopic (exact) mass is 302 g/mol. The van der Waals surface area contributed by atoms with E-state index in [0.717, 1.165) is 38.0 Å². The number of aromatic nitrogens is 1. The first kappa shape index (κ1) is 14.7. The Morgan fingerprint density at radius 1 is 1.24 bits per heavy atom. The maximum absolute atomic E-state index is 9.37. The third-order valence-electron chi connectivity index (χ3n) is 4.14. The van der Waals surface area contributed by atoms with Crippen molar-refractivity contribution in [2.75, 3.05) is 13.2 Å². The number of nitrogens with zero attached hydrogens (tertiary/aromatic N) is 2. The topological polar surface area (TPSA) is 36.4 Å². The van der Waals surface area contributed by atoms with Gasteiger partial charge in [0.25, 0.3) is 0 Å². The van der Waals surface area contributed by atoms with E-state index in [1.165, 1.54) is 17.0 Å². The van der Waals surface area contributed by atoms with Crippen LogP contribution in [0.3, 0.4) is 0 Å². The van der Waals surface area contributed by atoms with E-state index in [2.05, 4.69) is 40.6 Å². The van der Waals surface area contributed by atoms with Crippen molar-refractivity contribution < 1.29 is 5.11 Å². The molecule has 0 bridgehead atoms. The van der Waals surface area contributed by atoms with Gasteiger partial charge in [-0.3, -0.25) is 4.90 Å². The molecular formula is C17H22N2OS. The Morgan fingerprint density at radius 3 is 2.90 bits per heavy atom. The molecule has 2 aromatic rings. The van der Waals surface area contributed by atoms with Crippen LogP contribution in [0.25, 0.3) is 0 Å². The van der Waals surface area contributed by atoms with Gasteiger partial charge in [-0.2, -0.15) is 0 Å². The number of hydrogen-bond donors (Lipinski definition) is 1. The molecule has 1 aromatic heterocycles. The van der Waals surface area contributed by atoms with Crippen molar-refractivity contribution in [3.8, 4) is 0 Å². The SMILES string of the molecule is OC[C@H]1CCCN1Cc1csc(CCc2ccccc2)n1. The number of benzene rings is 1. The van der Waals surface area contributed by atoms with Crippen LogP contribution in [0.5, 0.6) is 0 Å². The Balaban J connectivity index is 1.54. The van der Waals surface area contributed by atoms with Crippen molar-refractivity contribution in [1.82, 2.24) is 9.88 Å². The van der Waals surface area contributed by atoms with E-state index in [4.69, 9.17) is 4.98 Å². The van der Waals surface area contributed by atoms with Crippen LogP contribution in [-0.2, 0) is 19.4 Å². The summed E-state index contributed by atoms with van der Waals surface area (Å²) in [5, 5.41) is 12.8. The van der Waals surface area contributed by atoms with Crippen LogP contribution in [0.2, 0.25) is 0 Å². The van der Waals surface area contributed by atoms with Crippen LogP contribution in [-0.4, -0.2) is 34.2 Å². The maximum atomic E-state index is 9.37. The summed E-state index contributed by atoms with van der Waals surface area (Å²) < 4.78 is 0. The van der Waals surface area contributed by atoms with E-state index in [0.29, 0.717) is 6.04 Å². The Bertz CT molecular complexity index is 555. The molecule has 0 unspecified atom stereocenters. The van der Waals surface area contributed by atoms with E-state index in [1.54, 1.807) is 11.3 Å². The zero-order valence-electron chi connectivity index (χ0n) is 12.2. The normalized spacial score (nSPS) is 19.2. The third kappa shape index (κ3) is 3.90. The lowest BCUT2D eigenvalue weighted by atomic mass is 10.1. The first-order valence-electron chi connectivity index (χ1n) is 7.67. The molecule has 2 heterocycles. The molecule has 1 N–H and O–H groups in total. The molecule has 3 nitrogen and oxygen atoms in total. The van der Waals surface area contributed by atoms with Gasteiger partial charge in [0.2, 0.25) is 0 Å². The van der Waals surface area contributed by atoms with E-state index < -0.39 is 0 Å². The second-order valence-electron chi connectivity index (χ2n) is 5.67. The lowest BCUT2D eigenvalue weighted by molar-refractivity contribution is 0.152. The predicted molar refractivity (Wildman–Crippen MR) is 86.5 cm³/mol. The fourth-order valence-corrected chi connectivity index (χ4v) is 3.74. The molecule has 0 aliphatic carbocycles. The summed E-state index contributed by atoms with van der Waals surface area (Å²) in [6, 6.07) is 10.9. The maximum Gasteiger partial charge on any atom is 0.0932 e. The molecule has 1 aliphatic rings. The van der Waals surface area contributed by atoms with Gasteiger partial charge in [-0.25, -0.2) is 4.98 Å². The van der Waals surface area contributed by atoms with Crippen molar-refractivity contribution in [3.05, 3.63) is 52.0 Å². The number of aliphatic hydroxyl groups is 1. The zero-order chi connectivity index (χ0) is 14.5. The van der Waals surface area contributed by atoms with Gasteiger partial charge in [0, 0.05) is 24.4 Å². The molecule has 1 atom stereocenters. The number of rotatable bonds is 6. The van der Waals surface area contributed by atoms with E-state index >= 15 is 0 Å². The van der Waals surface area contributed by atoms with Gasteiger partial charge in [-0.1, -0.05) is 30.3 Å². The highest BCUT2D eigenvalue weighted by Gasteiger charge is 2.24. The largest absolute Gasteiger partial charge is 0.395 e. The van der Waals surface area contributed by atoms with E-state index in [9.17, 15) is 5.11 Å². The summed E-state index contributed by atoms with van der Waals surface area (Å²) in [5.41, 5.74) is 2.53. The molecule has 4 heteroatoms. The predicted octanol–water partition coefficient (Wildman–Crippen LogP) is 2.89. The lowest BCUT2D eigenvalue weighted by Gasteiger charge is -2.21. The summed E-state index contributed by atoms with van der Waals surface area (Å²) in [6.45, 7) is 2.24. The van der Waals surface area contributed by atoms with Crippen molar-refractivity contribution >= 4 is 11.3 Å². The van der Waals surface area contributed by atoms with Crippen molar-refractivity contribution in [2.24, 2.45) is 0 Å². The Labute approximate surface area is 130 Å². The van der Waals surface area contributed by atoms with Gasteiger partial charge in [-0.15, -0.1) is 11.3 Å². The first-order valence-corrected chi connectivity index (χ1v) is 8.55. The van der Waals surface area contributed by atoms with Crippen LogP contribution < -0.4 is 0 Å². The van der Waals surface area contributed by atoms with Gasteiger partial charge >= 0.3 is 0 Å². The summed E-state index contributed by atoms with van der Waals surface area (Å²) in [4.78, 5) is 7.11. The van der Waals surface area contributed by atoms with Gasteiger partial charge in [-0.05, 0) is 31.4 Å². The molecule has 1 aliphatic heterocycles.